The third-order valence-electron chi connectivity index (χ3n) is 2.79. The molecule has 2 unspecified atom stereocenters. The molecule has 1 heterocycles. The van der Waals surface area contributed by atoms with Gasteiger partial charge in [0.2, 0.25) is 5.91 Å². The lowest BCUT2D eigenvalue weighted by atomic mass is 10.1. The number of amides is 1. The van der Waals surface area contributed by atoms with Gasteiger partial charge in [-0.05, 0) is 13.8 Å². The fourth-order valence-corrected chi connectivity index (χ4v) is 1.94. The van der Waals surface area contributed by atoms with Gasteiger partial charge in [0.05, 0.1) is 6.42 Å². The number of rotatable bonds is 3. The van der Waals surface area contributed by atoms with Gasteiger partial charge in [-0.3, -0.25) is 14.5 Å². The first-order valence-electron chi connectivity index (χ1n) is 5.25. The number of nitrogens with one attached hydrogen (secondary N) is 1. The molecule has 0 aromatic rings. The van der Waals surface area contributed by atoms with Crippen LogP contribution in [0.5, 0.6) is 0 Å². The zero-order valence-electron chi connectivity index (χ0n) is 9.19. The van der Waals surface area contributed by atoms with E-state index in [0.717, 1.165) is 0 Å². The zero-order chi connectivity index (χ0) is 11.4. The van der Waals surface area contributed by atoms with Crippen molar-refractivity contribution in [2.45, 2.75) is 38.8 Å². The summed E-state index contributed by atoms with van der Waals surface area (Å²) in [6, 6.07) is 0.177. The second kappa shape index (κ2) is 5.11. The number of nitrogens with zero attached hydrogens (tertiary/aromatic N) is 1. The van der Waals surface area contributed by atoms with E-state index in [1.54, 1.807) is 0 Å². The molecule has 0 aromatic carbocycles. The number of aliphatic carboxylic acids is 1. The number of carboxylic acids is 1. The van der Waals surface area contributed by atoms with Gasteiger partial charge in [-0.1, -0.05) is 0 Å². The summed E-state index contributed by atoms with van der Waals surface area (Å²) < 4.78 is 0. The molecule has 1 saturated heterocycles. The van der Waals surface area contributed by atoms with Gasteiger partial charge in [-0.25, -0.2) is 0 Å². The molecule has 1 rings (SSSR count). The highest BCUT2D eigenvalue weighted by Gasteiger charge is 2.25. The second-order valence-electron chi connectivity index (χ2n) is 4.09. The topological polar surface area (TPSA) is 69.6 Å². The molecule has 1 aliphatic heterocycles. The molecule has 1 aliphatic rings. The lowest BCUT2D eigenvalue weighted by Crippen LogP contribution is -2.43. The van der Waals surface area contributed by atoms with Crippen LogP contribution in [-0.4, -0.2) is 47.1 Å². The molecule has 5 heteroatoms. The van der Waals surface area contributed by atoms with Crippen LogP contribution in [-0.2, 0) is 9.59 Å². The van der Waals surface area contributed by atoms with Gasteiger partial charge >= 0.3 is 5.97 Å². The summed E-state index contributed by atoms with van der Waals surface area (Å²) >= 11 is 0. The molecule has 0 radical (unpaired) electrons. The Morgan fingerprint density at radius 2 is 2.40 bits per heavy atom. The molecule has 1 fully saturated rings. The first-order valence-corrected chi connectivity index (χ1v) is 5.25. The van der Waals surface area contributed by atoms with Crippen LogP contribution in [0.4, 0.5) is 0 Å². The second-order valence-corrected chi connectivity index (χ2v) is 4.09. The molecule has 0 spiro atoms. The molecule has 0 aliphatic carbocycles. The average Bonchev–Trinajstić information content (AvgIpc) is 2.28. The molecule has 5 nitrogen and oxygen atoms in total. The highest BCUT2D eigenvalue weighted by molar-refractivity contribution is 5.76. The normalized spacial score (nSPS) is 25.5. The minimum atomic E-state index is -0.793. The van der Waals surface area contributed by atoms with Crippen molar-refractivity contribution in [3.05, 3.63) is 0 Å². The fraction of sp³-hybridized carbons (Fsp3) is 0.800. The van der Waals surface area contributed by atoms with Crippen molar-refractivity contribution in [2.24, 2.45) is 0 Å². The van der Waals surface area contributed by atoms with E-state index in [4.69, 9.17) is 5.11 Å². The average molecular weight is 214 g/mol. The predicted molar refractivity (Wildman–Crippen MR) is 55.5 cm³/mol. The highest BCUT2D eigenvalue weighted by Crippen LogP contribution is 2.11. The molecule has 86 valence electrons. The maximum Gasteiger partial charge on any atom is 0.304 e. The predicted octanol–water partition coefficient (Wildman–Crippen LogP) is 0.0600. The van der Waals surface area contributed by atoms with E-state index >= 15 is 0 Å². The van der Waals surface area contributed by atoms with Gasteiger partial charge in [-0.15, -0.1) is 0 Å². The third-order valence-corrected chi connectivity index (χ3v) is 2.79. The number of hydrogen-bond acceptors (Lipinski definition) is 3. The molecule has 15 heavy (non-hydrogen) atoms. The van der Waals surface area contributed by atoms with Crippen molar-refractivity contribution >= 4 is 11.9 Å². The Balaban J connectivity index is 2.57. The SMILES string of the molecule is CC1CNC(=O)CCN1C(C)CC(=O)O. The van der Waals surface area contributed by atoms with Gasteiger partial charge < -0.3 is 10.4 Å². The standard InChI is InChI=1S/C10H18N2O3/c1-7(5-10(14)15)12-4-3-9(13)11-6-8(12)2/h7-8H,3-6H2,1-2H3,(H,11,13)(H,14,15). The molecule has 2 atom stereocenters. The Bertz CT molecular complexity index is 255. The van der Waals surface area contributed by atoms with Crippen molar-refractivity contribution in [2.75, 3.05) is 13.1 Å². The van der Waals surface area contributed by atoms with Crippen LogP contribution in [0.3, 0.4) is 0 Å². The van der Waals surface area contributed by atoms with E-state index < -0.39 is 5.97 Å². The van der Waals surface area contributed by atoms with Crippen molar-refractivity contribution in [1.82, 2.24) is 10.2 Å². The Morgan fingerprint density at radius 1 is 1.73 bits per heavy atom. The Hall–Kier alpha value is -1.10. The summed E-state index contributed by atoms with van der Waals surface area (Å²) in [6.45, 7) is 5.13. The molecule has 1 amide bonds. The maximum atomic E-state index is 11.2. The Morgan fingerprint density at radius 3 is 3.00 bits per heavy atom. The fourth-order valence-electron chi connectivity index (χ4n) is 1.94. The maximum absolute atomic E-state index is 11.2. The van der Waals surface area contributed by atoms with Gasteiger partial charge in [0, 0.05) is 31.6 Å². The largest absolute Gasteiger partial charge is 0.481 e. The monoisotopic (exact) mass is 214 g/mol. The van der Waals surface area contributed by atoms with Crippen molar-refractivity contribution < 1.29 is 14.7 Å². The van der Waals surface area contributed by atoms with Crippen molar-refractivity contribution in [3.63, 3.8) is 0 Å². The first kappa shape index (κ1) is 12.0. The van der Waals surface area contributed by atoms with E-state index in [1.165, 1.54) is 0 Å². The summed E-state index contributed by atoms with van der Waals surface area (Å²) in [6.07, 6.45) is 0.576. The lowest BCUT2D eigenvalue weighted by molar-refractivity contribution is -0.138. The van der Waals surface area contributed by atoms with Crippen molar-refractivity contribution in [3.8, 4) is 0 Å². The lowest BCUT2D eigenvalue weighted by Gasteiger charge is -2.31. The number of carboxylic acid groups (broad SMARTS) is 1. The molecular formula is C10H18N2O3. The zero-order valence-corrected chi connectivity index (χ0v) is 9.19. The summed E-state index contributed by atoms with van der Waals surface area (Å²) in [5, 5.41) is 11.5. The van der Waals surface area contributed by atoms with Crippen LogP contribution in [0.1, 0.15) is 26.7 Å². The Kier molecular flexibility index (Phi) is 4.08. The molecule has 0 saturated carbocycles. The smallest absolute Gasteiger partial charge is 0.304 e. The van der Waals surface area contributed by atoms with Gasteiger partial charge in [0.15, 0.2) is 0 Å². The number of hydrogen-bond donors (Lipinski definition) is 2. The van der Waals surface area contributed by atoms with Crippen LogP contribution in [0, 0.1) is 0 Å². The third kappa shape index (κ3) is 3.51. The minimum absolute atomic E-state index is 0.0230. The first-order chi connectivity index (χ1) is 7.00. The van der Waals surface area contributed by atoms with Crippen LogP contribution >= 0.6 is 0 Å². The van der Waals surface area contributed by atoms with Gasteiger partial charge in [0.25, 0.3) is 0 Å². The number of carbonyl (C=O) groups is 2. The Labute approximate surface area is 89.4 Å². The number of carbonyl (C=O) groups excluding carboxylic acids is 1. The van der Waals surface area contributed by atoms with Gasteiger partial charge in [0.1, 0.15) is 0 Å². The van der Waals surface area contributed by atoms with E-state index in [-0.39, 0.29) is 24.4 Å². The van der Waals surface area contributed by atoms with Gasteiger partial charge in [-0.2, -0.15) is 0 Å². The molecule has 2 N–H and O–H groups in total. The molecular weight excluding hydrogens is 196 g/mol. The summed E-state index contributed by atoms with van der Waals surface area (Å²) in [4.78, 5) is 23.8. The summed E-state index contributed by atoms with van der Waals surface area (Å²) in [5.41, 5.74) is 0. The van der Waals surface area contributed by atoms with E-state index in [2.05, 4.69) is 10.2 Å². The van der Waals surface area contributed by atoms with Crippen molar-refractivity contribution in [1.29, 1.82) is 0 Å². The summed E-state index contributed by atoms with van der Waals surface area (Å²) in [7, 11) is 0. The van der Waals surface area contributed by atoms with E-state index in [0.29, 0.717) is 19.5 Å². The van der Waals surface area contributed by atoms with Crippen LogP contribution in [0.25, 0.3) is 0 Å². The van der Waals surface area contributed by atoms with Crippen LogP contribution in [0.15, 0.2) is 0 Å². The molecule has 0 aromatic heterocycles. The van der Waals surface area contributed by atoms with E-state index in [9.17, 15) is 9.59 Å². The highest BCUT2D eigenvalue weighted by atomic mass is 16.4. The molecule has 0 bridgehead atoms. The van der Waals surface area contributed by atoms with Crippen LogP contribution in [0.2, 0.25) is 0 Å². The summed E-state index contributed by atoms with van der Waals surface area (Å²) in [5.74, 6) is -0.745. The minimum Gasteiger partial charge on any atom is -0.481 e. The van der Waals surface area contributed by atoms with Crippen LogP contribution < -0.4 is 5.32 Å². The van der Waals surface area contributed by atoms with E-state index in [1.807, 2.05) is 13.8 Å². The quantitative estimate of drug-likeness (QED) is 0.697.